The minimum absolute atomic E-state index is 0.0941. The van der Waals surface area contributed by atoms with E-state index in [1.54, 1.807) is 24.1 Å². The van der Waals surface area contributed by atoms with E-state index < -0.39 is 11.9 Å². The third kappa shape index (κ3) is 3.14. The minimum Gasteiger partial charge on any atom is -0.337 e. The van der Waals surface area contributed by atoms with Gasteiger partial charge in [0.05, 0.1) is 11.9 Å². The standard InChI is InChI=1S/C16H17F3N4O/c1-22(13-5-7-20-10-13)15(24)11-3-2-4-12(9-11)23-14(6-8-21-23)16(17,18)19/h2-4,6,8-9,13,20H,5,7,10H2,1H3. The lowest BCUT2D eigenvalue weighted by molar-refractivity contribution is -0.142. The molecule has 1 amide bonds. The average Bonchev–Trinajstić information content (AvgIpc) is 3.24. The van der Waals surface area contributed by atoms with Crippen LogP contribution in [0.5, 0.6) is 0 Å². The van der Waals surface area contributed by atoms with E-state index in [9.17, 15) is 18.0 Å². The first-order chi connectivity index (χ1) is 11.4. The molecular weight excluding hydrogens is 321 g/mol. The summed E-state index contributed by atoms with van der Waals surface area (Å²) in [7, 11) is 1.71. The number of benzene rings is 1. The monoisotopic (exact) mass is 338 g/mol. The van der Waals surface area contributed by atoms with E-state index >= 15 is 0 Å². The summed E-state index contributed by atoms with van der Waals surface area (Å²) in [5, 5.41) is 6.92. The molecule has 5 nitrogen and oxygen atoms in total. The topological polar surface area (TPSA) is 50.2 Å². The highest BCUT2D eigenvalue weighted by molar-refractivity contribution is 5.94. The minimum atomic E-state index is -4.51. The number of aromatic nitrogens is 2. The van der Waals surface area contributed by atoms with E-state index in [-0.39, 0.29) is 17.6 Å². The summed E-state index contributed by atoms with van der Waals surface area (Å²) in [5.41, 5.74) is -0.331. The second-order valence-corrected chi connectivity index (χ2v) is 5.74. The summed E-state index contributed by atoms with van der Waals surface area (Å²) in [6.45, 7) is 1.57. The number of nitrogens with one attached hydrogen (secondary N) is 1. The zero-order valence-corrected chi connectivity index (χ0v) is 13.0. The molecule has 1 aromatic carbocycles. The predicted molar refractivity (Wildman–Crippen MR) is 81.9 cm³/mol. The van der Waals surface area contributed by atoms with E-state index in [1.165, 1.54) is 12.1 Å². The molecule has 1 unspecified atom stereocenters. The van der Waals surface area contributed by atoms with Gasteiger partial charge >= 0.3 is 6.18 Å². The molecule has 24 heavy (non-hydrogen) atoms. The van der Waals surface area contributed by atoms with Crippen molar-refractivity contribution >= 4 is 5.91 Å². The molecule has 1 atom stereocenters. The van der Waals surface area contributed by atoms with Gasteiger partial charge < -0.3 is 10.2 Å². The van der Waals surface area contributed by atoms with Crippen molar-refractivity contribution in [2.75, 3.05) is 20.1 Å². The van der Waals surface area contributed by atoms with Gasteiger partial charge in [-0.2, -0.15) is 18.3 Å². The Morgan fingerprint density at radius 2 is 2.17 bits per heavy atom. The van der Waals surface area contributed by atoms with Crippen LogP contribution in [-0.4, -0.2) is 46.8 Å². The van der Waals surface area contributed by atoms with Crippen LogP contribution in [0.4, 0.5) is 13.2 Å². The van der Waals surface area contributed by atoms with Crippen LogP contribution in [0.15, 0.2) is 36.5 Å². The molecule has 2 heterocycles. The lowest BCUT2D eigenvalue weighted by atomic mass is 10.1. The van der Waals surface area contributed by atoms with Gasteiger partial charge in [-0.3, -0.25) is 4.79 Å². The largest absolute Gasteiger partial charge is 0.433 e. The quantitative estimate of drug-likeness (QED) is 0.934. The zero-order chi connectivity index (χ0) is 17.3. The number of amides is 1. The van der Waals surface area contributed by atoms with E-state index in [0.717, 1.165) is 36.5 Å². The van der Waals surface area contributed by atoms with Gasteiger partial charge in [-0.1, -0.05) is 6.07 Å². The Labute approximate surface area is 137 Å². The van der Waals surface area contributed by atoms with Crippen LogP contribution < -0.4 is 5.32 Å². The third-order valence-corrected chi connectivity index (χ3v) is 4.17. The Kier molecular flexibility index (Phi) is 4.31. The van der Waals surface area contributed by atoms with Crippen molar-refractivity contribution in [2.45, 2.75) is 18.6 Å². The number of likely N-dealkylation sites (N-methyl/N-ethyl adjacent to an activating group) is 1. The Morgan fingerprint density at radius 1 is 1.38 bits per heavy atom. The molecule has 1 saturated heterocycles. The van der Waals surface area contributed by atoms with Gasteiger partial charge in [-0.15, -0.1) is 0 Å². The van der Waals surface area contributed by atoms with Gasteiger partial charge in [0, 0.05) is 25.2 Å². The van der Waals surface area contributed by atoms with Crippen molar-refractivity contribution < 1.29 is 18.0 Å². The van der Waals surface area contributed by atoms with E-state index in [0.29, 0.717) is 5.56 Å². The molecule has 0 saturated carbocycles. The van der Waals surface area contributed by atoms with Crippen LogP contribution >= 0.6 is 0 Å². The second kappa shape index (κ2) is 6.27. The van der Waals surface area contributed by atoms with Crippen LogP contribution in [0.2, 0.25) is 0 Å². The highest BCUT2D eigenvalue weighted by Crippen LogP contribution is 2.30. The molecule has 128 valence electrons. The number of hydrogen-bond donors (Lipinski definition) is 1. The zero-order valence-electron chi connectivity index (χ0n) is 13.0. The van der Waals surface area contributed by atoms with Crippen molar-refractivity contribution in [1.82, 2.24) is 20.0 Å². The fourth-order valence-corrected chi connectivity index (χ4v) is 2.83. The van der Waals surface area contributed by atoms with Crippen LogP contribution in [0.3, 0.4) is 0 Å². The average molecular weight is 338 g/mol. The van der Waals surface area contributed by atoms with Crippen LogP contribution in [0.25, 0.3) is 5.69 Å². The molecule has 0 aliphatic carbocycles. The number of carbonyl (C=O) groups is 1. The normalized spacial score (nSPS) is 17.9. The number of rotatable bonds is 3. The molecule has 3 rings (SSSR count). The maximum Gasteiger partial charge on any atom is 0.433 e. The molecular formula is C16H17F3N4O. The predicted octanol–water partition coefficient (Wildman–Crippen LogP) is 2.33. The van der Waals surface area contributed by atoms with Crippen molar-refractivity contribution in [3.63, 3.8) is 0 Å². The SMILES string of the molecule is CN(C(=O)c1cccc(-n2nccc2C(F)(F)F)c1)C1CCNC1. The van der Waals surface area contributed by atoms with Gasteiger partial charge in [0.25, 0.3) is 5.91 Å². The summed E-state index contributed by atoms with van der Waals surface area (Å²) in [6.07, 6.45) is -2.56. The summed E-state index contributed by atoms with van der Waals surface area (Å²) in [6, 6.07) is 7.09. The molecule has 1 aliphatic heterocycles. The highest BCUT2D eigenvalue weighted by Gasteiger charge is 2.35. The maximum absolute atomic E-state index is 13.0. The third-order valence-electron chi connectivity index (χ3n) is 4.17. The number of alkyl halides is 3. The van der Waals surface area contributed by atoms with Crippen molar-refractivity contribution in [1.29, 1.82) is 0 Å². The molecule has 1 aliphatic rings. The first kappa shape index (κ1) is 16.5. The van der Waals surface area contributed by atoms with Crippen molar-refractivity contribution in [3.05, 3.63) is 47.8 Å². The van der Waals surface area contributed by atoms with Crippen LogP contribution in [-0.2, 0) is 6.18 Å². The first-order valence-electron chi connectivity index (χ1n) is 7.57. The van der Waals surface area contributed by atoms with Gasteiger partial charge in [-0.25, -0.2) is 4.68 Å². The van der Waals surface area contributed by atoms with E-state index in [4.69, 9.17) is 0 Å². The number of hydrogen-bond acceptors (Lipinski definition) is 3. The highest BCUT2D eigenvalue weighted by atomic mass is 19.4. The summed E-state index contributed by atoms with van der Waals surface area (Å²) < 4.78 is 39.8. The van der Waals surface area contributed by atoms with Gasteiger partial charge in [0.1, 0.15) is 5.69 Å². The Hall–Kier alpha value is -2.35. The Balaban J connectivity index is 1.90. The molecule has 8 heteroatoms. The lowest BCUT2D eigenvalue weighted by Gasteiger charge is -2.24. The number of halogens is 3. The lowest BCUT2D eigenvalue weighted by Crippen LogP contribution is -2.38. The summed E-state index contributed by atoms with van der Waals surface area (Å²) >= 11 is 0. The van der Waals surface area contributed by atoms with Crippen molar-refractivity contribution in [3.8, 4) is 5.69 Å². The molecule has 1 N–H and O–H groups in total. The van der Waals surface area contributed by atoms with Crippen LogP contribution in [0.1, 0.15) is 22.5 Å². The molecule has 0 radical (unpaired) electrons. The summed E-state index contributed by atoms with van der Waals surface area (Å²) in [5.74, 6) is -0.216. The van der Waals surface area contributed by atoms with E-state index in [2.05, 4.69) is 10.4 Å². The van der Waals surface area contributed by atoms with Gasteiger partial charge in [0.15, 0.2) is 0 Å². The summed E-state index contributed by atoms with van der Waals surface area (Å²) in [4.78, 5) is 14.2. The Morgan fingerprint density at radius 3 is 2.83 bits per heavy atom. The number of carbonyl (C=O) groups excluding carboxylic acids is 1. The Bertz CT molecular complexity index is 735. The van der Waals surface area contributed by atoms with Crippen LogP contribution in [0, 0.1) is 0 Å². The molecule has 1 aromatic heterocycles. The molecule has 1 fully saturated rings. The fraction of sp³-hybridized carbons (Fsp3) is 0.375. The van der Waals surface area contributed by atoms with Crippen molar-refractivity contribution in [2.24, 2.45) is 0 Å². The van der Waals surface area contributed by atoms with Gasteiger partial charge in [0.2, 0.25) is 0 Å². The molecule has 0 bridgehead atoms. The smallest absolute Gasteiger partial charge is 0.337 e. The maximum atomic E-state index is 13.0. The molecule has 2 aromatic rings. The molecule has 0 spiro atoms. The second-order valence-electron chi connectivity index (χ2n) is 5.74. The fourth-order valence-electron chi connectivity index (χ4n) is 2.83. The van der Waals surface area contributed by atoms with E-state index in [1.807, 2.05) is 0 Å². The van der Waals surface area contributed by atoms with Gasteiger partial charge in [-0.05, 0) is 37.2 Å². The number of nitrogens with zero attached hydrogens (tertiary/aromatic N) is 3. The first-order valence-corrected chi connectivity index (χ1v) is 7.57.